The Labute approximate surface area is 236 Å². The highest BCUT2D eigenvalue weighted by molar-refractivity contribution is 6.48. The van der Waals surface area contributed by atoms with Gasteiger partial charge in [-0.25, -0.2) is 9.59 Å². The second-order valence-electron chi connectivity index (χ2n) is 11.1. The molecule has 0 aliphatic heterocycles. The Kier molecular flexibility index (Phi) is 9.90. The van der Waals surface area contributed by atoms with Crippen LogP contribution in [0.2, 0.25) is 0 Å². The third-order valence-electron chi connectivity index (χ3n) is 7.24. The molecule has 0 bridgehead atoms. The highest BCUT2D eigenvalue weighted by Gasteiger charge is 2.37. The van der Waals surface area contributed by atoms with Crippen LogP contribution in [0, 0.1) is 0 Å². The number of carbonyl (C=O) groups is 3. The van der Waals surface area contributed by atoms with Gasteiger partial charge in [-0.15, -0.1) is 0 Å². The molecule has 0 saturated carbocycles. The van der Waals surface area contributed by atoms with Crippen molar-refractivity contribution in [3.8, 4) is 0 Å². The average Bonchev–Trinajstić information content (AvgIpc) is 2.92. The van der Waals surface area contributed by atoms with E-state index in [1.165, 1.54) is 11.6 Å². The molecule has 1 N–H and O–H groups in total. The molecule has 2 aromatic rings. The largest absolute Gasteiger partial charge is 0.463 e. The summed E-state index contributed by atoms with van der Waals surface area (Å²) in [6, 6.07) is 12.3. The van der Waals surface area contributed by atoms with Gasteiger partial charge in [0.2, 0.25) is 6.10 Å². The minimum absolute atomic E-state index is 0.00519. The molecule has 0 saturated heterocycles. The zero-order valence-corrected chi connectivity index (χ0v) is 24.3. The Hall–Kier alpha value is -3.94. The summed E-state index contributed by atoms with van der Waals surface area (Å²) >= 11 is 0. The number of hydrogen-bond donors (Lipinski definition) is 1. The van der Waals surface area contributed by atoms with Gasteiger partial charge in [0.05, 0.1) is 12.2 Å². The van der Waals surface area contributed by atoms with E-state index in [1.54, 1.807) is 38.1 Å². The lowest BCUT2D eigenvalue weighted by Crippen LogP contribution is -2.34. The number of carbonyl (C=O) groups excluding carboxylic acids is 3. The Morgan fingerprint density at radius 3 is 2.17 bits per heavy atom. The van der Waals surface area contributed by atoms with Gasteiger partial charge in [-0.2, -0.15) is 0 Å². The number of amides is 1. The van der Waals surface area contributed by atoms with Crippen LogP contribution in [0.25, 0.3) is 0 Å². The van der Waals surface area contributed by atoms with E-state index >= 15 is 0 Å². The maximum absolute atomic E-state index is 13.6. The topological polar surface area (TPSA) is 103 Å². The maximum Gasteiger partial charge on any atom is 0.350 e. The van der Waals surface area contributed by atoms with Gasteiger partial charge in [0.25, 0.3) is 5.91 Å². The van der Waals surface area contributed by atoms with E-state index < -0.39 is 23.9 Å². The van der Waals surface area contributed by atoms with Crippen molar-refractivity contribution in [2.75, 3.05) is 18.5 Å². The fourth-order valence-corrected chi connectivity index (χ4v) is 4.69. The third kappa shape index (κ3) is 7.17. The Morgan fingerprint density at radius 1 is 0.950 bits per heavy atom. The number of ether oxygens (including phenoxy) is 2. The molecule has 0 fully saturated rings. The maximum atomic E-state index is 13.6. The van der Waals surface area contributed by atoms with Crippen LogP contribution in [-0.2, 0) is 34.7 Å². The number of hydrogen-bond acceptors (Lipinski definition) is 7. The number of rotatable bonds is 11. The predicted octanol–water partition coefficient (Wildman–Crippen LogP) is 6.08. The number of anilines is 1. The van der Waals surface area contributed by atoms with Gasteiger partial charge < -0.3 is 19.6 Å². The van der Waals surface area contributed by atoms with Crippen LogP contribution in [0.1, 0.15) is 87.9 Å². The Morgan fingerprint density at radius 2 is 1.57 bits per heavy atom. The molecule has 1 unspecified atom stereocenters. The summed E-state index contributed by atoms with van der Waals surface area (Å²) in [4.78, 5) is 43.6. The van der Waals surface area contributed by atoms with E-state index in [9.17, 15) is 14.4 Å². The lowest BCUT2D eigenvalue weighted by molar-refractivity contribution is -0.157. The summed E-state index contributed by atoms with van der Waals surface area (Å²) in [5, 5.41) is 7.03. The number of oxime groups is 1. The molecule has 8 heteroatoms. The highest BCUT2D eigenvalue weighted by Crippen LogP contribution is 2.46. The van der Waals surface area contributed by atoms with Crippen LogP contribution in [0.15, 0.2) is 60.3 Å². The average molecular weight is 549 g/mol. The monoisotopic (exact) mass is 548 g/mol. The van der Waals surface area contributed by atoms with Crippen LogP contribution in [0.5, 0.6) is 0 Å². The summed E-state index contributed by atoms with van der Waals surface area (Å²) in [7, 11) is 0. The van der Waals surface area contributed by atoms with Gasteiger partial charge in [-0.1, -0.05) is 64.6 Å². The van der Waals surface area contributed by atoms with E-state index in [4.69, 9.17) is 14.3 Å². The molecule has 0 spiro atoms. The molecule has 1 aliphatic rings. The summed E-state index contributed by atoms with van der Waals surface area (Å²) in [6.45, 7) is 16.2. The lowest BCUT2D eigenvalue weighted by atomic mass is 9.63. The zero-order valence-electron chi connectivity index (χ0n) is 24.3. The SMILES string of the molecule is C=CCOC(=O)c1ccc(NC(=O)/C(=N\OC(CC)C(=O)OCC)c2ccc3c(c2)C(C)(C)CCC3(C)C)cc1. The summed E-state index contributed by atoms with van der Waals surface area (Å²) < 4.78 is 10.1. The minimum Gasteiger partial charge on any atom is -0.463 e. The van der Waals surface area contributed by atoms with Crippen LogP contribution >= 0.6 is 0 Å². The first-order chi connectivity index (χ1) is 18.9. The van der Waals surface area contributed by atoms with Gasteiger partial charge in [0, 0.05) is 11.3 Å². The van der Waals surface area contributed by atoms with Crippen LogP contribution in [-0.4, -0.2) is 42.9 Å². The summed E-state index contributed by atoms with van der Waals surface area (Å²) in [5.74, 6) is -1.55. The minimum atomic E-state index is -0.948. The van der Waals surface area contributed by atoms with Gasteiger partial charge in [0.1, 0.15) is 6.61 Å². The Balaban J connectivity index is 1.97. The van der Waals surface area contributed by atoms with Gasteiger partial charge in [-0.05, 0) is 78.5 Å². The molecular weight excluding hydrogens is 508 g/mol. The van der Waals surface area contributed by atoms with Crippen LogP contribution < -0.4 is 5.32 Å². The molecule has 2 aromatic carbocycles. The van der Waals surface area contributed by atoms with Gasteiger partial charge >= 0.3 is 11.9 Å². The molecule has 1 atom stereocenters. The van der Waals surface area contributed by atoms with E-state index in [2.05, 4.69) is 50.8 Å². The predicted molar refractivity (Wildman–Crippen MR) is 156 cm³/mol. The zero-order chi connectivity index (χ0) is 29.5. The molecular formula is C32H40N2O6. The second kappa shape index (κ2) is 12.9. The summed E-state index contributed by atoms with van der Waals surface area (Å²) in [5.41, 5.74) is 3.71. The number of nitrogens with one attached hydrogen (secondary N) is 1. The first kappa shape index (κ1) is 30.6. The van der Waals surface area contributed by atoms with Crippen molar-refractivity contribution in [3.63, 3.8) is 0 Å². The Bertz CT molecular complexity index is 1280. The van der Waals surface area contributed by atoms with Crippen molar-refractivity contribution >= 4 is 29.2 Å². The molecule has 1 aliphatic carbocycles. The molecule has 1 amide bonds. The van der Waals surface area contributed by atoms with E-state index in [0.29, 0.717) is 23.2 Å². The number of esters is 2. The molecule has 0 aromatic heterocycles. The second-order valence-corrected chi connectivity index (χ2v) is 11.1. The molecule has 0 heterocycles. The van der Waals surface area contributed by atoms with Crippen molar-refractivity contribution in [1.29, 1.82) is 0 Å². The van der Waals surface area contributed by atoms with Crippen molar-refractivity contribution in [3.05, 3.63) is 77.4 Å². The molecule has 8 nitrogen and oxygen atoms in total. The molecule has 0 radical (unpaired) electrons. The standard InChI is InChI=1S/C32H40N2O6/c1-8-19-39-29(36)21-11-14-23(15-12-21)33-28(35)27(34-40-26(9-2)30(37)38-10-3)22-13-16-24-25(20-22)32(6,7)18-17-31(24,4)5/h8,11-16,20,26H,1,9-10,17-19H2,2-7H3,(H,33,35)/b34-27-. The lowest BCUT2D eigenvalue weighted by Gasteiger charge is -2.42. The molecule has 3 rings (SSSR count). The number of benzene rings is 2. The first-order valence-electron chi connectivity index (χ1n) is 13.7. The highest BCUT2D eigenvalue weighted by atomic mass is 16.7. The summed E-state index contributed by atoms with van der Waals surface area (Å²) in [6.07, 6.45) is 2.94. The molecule has 214 valence electrons. The van der Waals surface area contributed by atoms with Crippen molar-refractivity contribution in [1.82, 2.24) is 0 Å². The fraction of sp³-hybridized carbons (Fsp3) is 0.438. The smallest absolute Gasteiger partial charge is 0.350 e. The van der Waals surface area contributed by atoms with Gasteiger partial charge in [-0.3, -0.25) is 4.79 Å². The van der Waals surface area contributed by atoms with Crippen LogP contribution in [0.3, 0.4) is 0 Å². The van der Waals surface area contributed by atoms with Crippen molar-refractivity contribution in [2.45, 2.75) is 77.7 Å². The third-order valence-corrected chi connectivity index (χ3v) is 7.24. The van der Waals surface area contributed by atoms with Crippen molar-refractivity contribution in [2.24, 2.45) is 5.16 Å². The van der Waals surface area contributed by atoms with Crippen LogP contribution in [0.4, 0.5) is 5.69 Å². The van der Waals surface area contributed by atoms with E-state index in [0.717, 1.165) is 18.4 Å². The fourth-order valence-electron chi connectivity index (χ4n) is 4.69. The van der Waals surface area contributed by atoms with Crippen molar-refractivity contribution < 1.29 is 28.7 Å². The molecule has 40 heavy (non-hydrogen) atoms. The quantitative estimate of drug-likeness (QED) is 0.158. The van der Waals surface area contributed by atoms with Gasteiger partial charge in [0.15, 0.2) is 5.71 Å². The first-order valence-corrected chi connectivity index (χ1v) is 13.7. The number of fused-ring (bicyclic) bond motifs is 1. The number of nitrogens with zero attached hydrogens (tertiary/aromatic N) is 1. The van der Waals surface area contributed by atoms with E-state index in [1.807, 2.05) is 12.1 Å². The van der Waals surface area contributed by atoms with E-state index in [-0.39, 0.29) is 29.8 Å². The normalized spacial score (nSPS) is 16.2.